The standard InChI is InChI=1S/C16H22NSi.2ClH.Ti/c1-12-9-13-7-6-8-15(14(13)10-12)17-16(2,3)11-18(4)5;;;/h6-8,10-11H,9H2,1-5H3;2*1H;/q-1;;;+3/p-2. The number of nitrogens with zero attached hydrogens (tertiary/aromatic N) is 1. The average molecular weight is 375 g/mol. The van der Waals surface area contributed by atoms with Crippen molar-refractivity contribution in [1.82, 2.24) is 0 Å². The summed E-state index contributed by atoms with van der Waals surface area (Å²) in [6.45, 7) is 11.5. The van der Waals surface area contributed by atoms with Gasteiger partial charge in [0.25, 0.3) is 0 Å². The first-order chi connectivity index (χ1) is 8.81. The van der Waals surface area contributed by atoms with E-state index in [1.54, 1.807) is 0 Å². The van der Waals surface area contributed by atoms with Gasteiger partial charge in [-0.3, -0.25) is 0 Å². The Kier molecular flexibility index (Phi) is 8.18. The summed E-state index contributed by atoms with van der Waals surface area (Å²) in [6, 6.07) is 6.70. The van der Waals surface area contributed by atoms with Crippen molar-refractivity contribution in [2.45, 2.75) is 45.8 Å². The molecule has 1 aliphatic carbocycles. The van der Waals surface area contributed by atoms with Crippen molar-refractivity contribution in [2.24, 2.45) is 0 Å². The molecule has 0 unspecified atom stereocenters. The fourth-order valence-electron chi connectivity index (χ4n) is 2.79. The molecule has 5 heteroatoms. The molecule has 0 atom stereocenters. The van der Waals surface area contributed by atoms with Crippen molar-refractivity contribution in [1.29, 1.82) is 0 Å². The Bertz CT molecular complexity index is 563. The molecule has 113 valence electrons. The van der Waals surface area contributed by atoms with Crippen LogP contribution < -0.4 is 28.2 Å². The van der Waals surface area contributed by atoms with Crippen LogP contribution in [0.25, 0.3) is 6.08 Å². The number of fused-ring (bicyclic) bond motifs is 1. The number of anilines is 1. The number of benzene rings is 1. The van der Waals surface area contributed by atoms with E-state index in [9.17, 15) is 0 Å². The Hall–Kier alpha value is 0.141. The Labute approximate surface area is 155 Å². The van der Waals surface area contributed by atoms with Gasteiger partial charge in [0.2, 0.25) is 0 Å². The zero-order valence-electron chi connectivity index (χ0n) is 13.3. The third-order valence-electron chi connectivity index (χ3n) is 3.49. The summed E-state index contributed by atoms with van der Waals surface area (Å²) in [6.07, 6.45) is 3.46. The Morgan fingerprint density at radius 2 is 1.86 bits per heavy atom. The Morgan fingerprint density at radius 3 is 2.43 bits per heavy atom. The normalized spacial score (nSPS) is 12.6. The van der Waals surface area contributed by atoms with E-state index in [-0.39, 0.29) is 38.8 Å². The summed E-state index contributed by atoms with van der Waals surface area (Å²) >= 11 is 2.22. The maximum absolute atomic E-state index is 2.52. The molecule has 0 aromatic heterocycles. The van der Waals surface area contributed by atoms with Crippen molar-refractivity contribution in [3.05, 3.63) is 34.9 Å². The maximum atomic E-state index is 2.52. The summed E-state index contributed by atoms with van der Waals surface area (Å²) in [5.41, 5.74) is 8.34. The second-order valence-electron chi connectivity index (χ2n) is 6.23. The molecule has 1 nitrogen and oxygen atoms in total. The van der Waals surface area contributed by atoms with E-state index in [4.69, 9.17) is 0 Å². The van der Waals surface area contributed by atoms with Crippen LogP contribution in [0.3, 0.4) is 0 Å². The van der Waals surface area contributed by atoms with Crippen molar-refractivity contribution < 1.29 is 45.5 Å². The SMILES string of the molecule is CC1=Cc2c(cccc2[N]([Ti+2])C(C)(C)C=[Si](C)C)C1.[Cl-].[Cl-]. The average Bonchev–Trinajstić information content (AvgIpc) is 2.66. The predicted octanol–water partition coefficient (Wildman–Crippen LogP) is -2.16. The molecule has 1 aromatic rings. The molecule has 0 fully saturated rings. The molecular formula is C16H22Cl2NSiTi. The van der Waals surface area contributed by atoms with Gasteiger partial charge in [-0.1, -0.05) is 0 Å². The van der Waals surface area contributed by atoms with Crippen LogP contribution in [-0.2, 0) is 27.1 Å². The van der Waals surface area contributed by atoms with Crippen molar-refractivity contribution in [3.8, 4) is 0 Å². The minimum atomic E-state index is -0.350. The predicted molar refractivity (Wildman–Crippen MR) is 83.9 cm³/mol. The quantitative estimate of drug-likeness (QED) is 0.545. The van der Waals surface area contributed by atoms with Gasteiger partial charge in [-0.25, -0.2) is 0 Å². The Balaban J connectivity index is 0.00000200. The van der Waals surface area contributed by atoms with Crippen LogP contribution >= 0.6 is 0 Å². The van der Waals surface area contributed by atoms with Gasteiger partial charge in [-0.15, -0.1) is 0 Å². The molecule has 0 heterocycles. The third kappa shape index (κ3) is 4.81. The number of rotatable bonds is 3. The third-order valence-corrected chi connectivity index (χ3v) is 6.05. The van der Waals surface area contributed by atoms with E-state index in [0.29, 0.717) is 0 Å². The molecule has 0 bridgehead atoms. The summed E-state index contributed by atoms with van der Waals surface area (Å²) < 4.78 is 2.43. The molecule has 0 saturated heterocycles. The monoisotopic (exact) mass is 374 g/mol. The van der Waals surface area contributed by atoms with Crippen LogP contribution in [0.5, 0.6) is 0 Å². The number of hydrogen-bond acceptors (Lipinski definition) is 1. The van der Waals surface area contributed by atoms with Crippen molar-refractivity contribution in [2.75, 3.05) is 3.38 Å². The van der Waals surface area contributed by atoms with E-state index in [1.807, 2.05) is 0 Å². The van der Waals surface area contributed by atoms with Gasteiger partial charge in [0.1, 0.15) is 0 Å². The first kappa shape index (κ1) is 21.1. The van der Waals surface area contributed by atoms with Crippen molar-refractivity contribution >= 4 is 25.8 Å². The summed E-state index contributed by atoms with van der Waals surface area (Å²) in [7, 11) is -0.350. The number of hydrogen-bond donors (Lipinski definition) is 0. The minimum Gasteiger partial charge on any atom is -1.00 e. The van der Waals surface area contributed by atoms with Crippen LogP contribution in [0.2, 0.25) is 13.1 Å². The topological polar surface area (TPSA) is 3.24 Å². The number of halogens is 2. The van der Waals surface area contributed by atoms with E-state index in [1.165, 1.54) is 22.4 Å². The van der Waals surface area contributed by atoms with Crippen LogP contribution in [0, 0.1) is 0 Å². The first-order valence-corrected chi connectivity index (χ1v) is 10.1. The van der Waals surface area contributed by atoms with Gasteiger partial charge in [-0.2, -0.15) is 0 Å². The molecule has 0 saturated carbocycles. The molecule has 2 rings (SSSR count). The van der Waals surface area contributed by atoms with Gasteiger partial charge in [0.15, 0.2) is 0 Å². The largest absolute Gasteiger partial charge is 1.00 e. The van der Waals surface area contributed by atoms with Crippen LogP contribution in [-0.4, -0.2) is 19.6 Å². The molecule has 0 aliphatic heterocycles. The van der Waals surface area contributed by atoms with Gasteiger partial charge >= 0.3 is 131 Å². The van der Waals surface area contributed by atoms with E-state index < -0.39 is 0 Å². The zero-order valence-corrected chi connectivity index (χ0v) is 17.4. The van der Waals surface area contributed by atoms with Gasteiger partial charge < -0.3 is 24.8 Å². The summed E-state index contributed by atoms with van der Waals surface area (Å²) in [5, 5.41) is 0. The van der Waals surface area contributed by atoms with E-state index in [2.05, 4.69) is 87.9 Å². The fraction of sp³-hybridized carbons (Fsp3) is 0.438. The molecule has 0 N–H and O–H groups in total. The van der Waals surface area contributed by atoms with Gasteiger partial charge in [0, 0.05) is 0 Å². The van der Waals surface area contributed by atoms with E-state index in [0.717, 1.165) is 6.42 Å². The zero-order chi connectivity index (χ0) is 14.2. The number of allylic oxidation sites excluding steroid dienone is 1. The second kappa shape index (κ2) is 8.12. The molecule has 0 spiro atoms. The maximum Gasteiger partial charge on any atom is -1.00 e. The molecular weight excluding hydrogens is 353 g/mol. The van der Waals surface area contributed by atoms with E-state index >= 15 is 0 Å². The summed E-state index contributed by atoms with van der Waals surface area (Å²) in [4.78, 5) is 0. The molecule has 1 aromatic carbocycles. The first-order valence-electron chi connectivity index (χ1n) is 6.78. The molecule has 0 amide bonds. The Morgan fingerprint density at radius 1 is 1.24 bits per heavy atom. The van der Waals surface area contributed by atoms with Crippen LogP contribution in [0.1, 0.15) is 31.9 Å². The van der Waals surface area contributed by atoms with Gasteiger partial charge in [0.05, 0.1) is 0 Å². The summed E-state index contributed by atoms with van der Waals surface area (Å²) in [5.74, 6) is 0. The molecule has 1 aliphatic rings. The molecule has 21 heavy (non-hydrogen) atoms. The van der Waals surface area contributed by atoms with Crippen LogP contribution in [0.4, 0.5) is 5.69 Å². The fourth-order valence-corrected chi connectivity index (χ4v) is 4.94. The smallest absolute Gasteiger partial charge is 1.00 e. The second-order valence-corrected chi connectivity index (χ2v) is 9.37. The molecule has 0 radical (unpaired) electrons. The van der Waals surface area contributed by atoms with Crippen LogP contribution in [0.15, 0.2) is 23.8 Å². The van der Waals surface area contributed by atoms with Gasteiger partial charge in [-0.05, 0) is 0 Å². The van der Waals surface area contributed by atoms with Crippen molar-refractivity contribution in [3.63, 3.8) is 0 Å². The minimum absolute atomic E-state index is 0.